The molecule has 174 valence electrons. The third-order valence-corrected chi connectivity index (χ3v) is 6.98. The number of aliphatic hydroxyl groups excluding tert-OH is 1. The Hall–Kier alpha value is -3.19. The molecule has 1 aliphatic heterocycles. The van der Waals surface area contributed by atoms with E-state index in [1.807, 2.05) is 24.3 Å². The Bertz CT molecular complexity index is 1040. The van der Waals surface area contributed by atoms with Gasteiger partial charge in [-0.25, -0.2) is 0 Å². The minimum atomic E-state index is -0.907. The average molecular weight is 451 g/mol. The van der Waals surface area contributed by atoms with Gasteiger partial charge in [0.1, 0.15) is 0 Å². The van der Waals surface area contributed by atoms with Gasteiger partial charge in [0, 0.05) is 18.7 Å². The maximum Gasteiger partial charge on any atom is 0.307 e. The molecule has 2 aromatic rings. The van der Waals surface area contributed by atoms with Gasteiger partial charge in [-0.1, -0.05) is 55.3 Å². The summed E-state index contributed by atoms with van der Waals surface area (Å²) in [4.78, 5) is 40.1. The molecule has 0 saturated heterocycles. The summed E-state index contributed by atoms with van der Waals surface area (Å²) in [7, 11) is 0. The number of aliphatic carboxylic acids is 1. The van der Waals surface area contributed by atoms with E-state index in [0.29, 0.717) is 36.9 Å². The van der Waals surface area contributed by atoms with E-state index in [0.717, 1.165) is 24.0 Å². The van der Waals surface area contributed by atoms with Gasteiger partial charge in [0.05, 0.1) is 24.5 Å². The van der Waals surface area contributed by atoms with Crippen LogP contribution in [0, 0.1) is 11.8 Å². The average Bonchev–Trinajstić information content (AvgIpc) is 2.86. The molecule has 1 aliphatic carbocycles. The molecule has 4 rings (SSSR count). The Balaban J connectivity index is 1.58. The molecule has 0 radical (unpaired) electrons. The number of hydrogen-bond acceptors (Lipinski definition) is 4. The minimum Gasteiger partial charge on any atom is -0.481 e. The summed E-state index contributed by atoms with van der Waals surface area (Å²) in [5.41, 5.74) is 3.06. The van der Waals surface area contributed by atoms with Crippen LogP contribution in [-0.4, -0.2) is 46.0 Å². The second-order valence-electron chi connectivity index (χ2n) is 8.86. The van der Waals surface area contributed by atoms with Crippen LogP contribution in [0.4, 0.5) is 0 Å². The third kappa shape index (κ3) is 4.78. The number of benzene rings is 2. The van der Waals surface area contributed by atoms with E-state index in [9.17, 15) is 24.6 Å². The maximum atomic E-state index is 13.6. The number of carboxylic acid groups (broad SMARTS) is 1. The number of hydrogen-bond donors (Lipinski definition) is 3. The number of aliphatic hydroxyl groups is 1. The topological polar surface area (TPSA) is 107 Å². The van der Waals surface area contributed by atoms with E-state index in [1.165, 1.54) is 0 Å². The van der Waals surface area contributed by atoms with Crippen LogP contribution < -0.4 is 5.32 Å². The summed E-state index contributed by atoms with van der Waals surface area (Å²) in [5.74, 6) is -2.54. The number of nitrogens with one attached hydrogen (secondary N) is 1. The highest BCUT2D eigenvalue weighted by Gasteiger charge is 2.41. The standard InChI is InChI=1S/C26H30N2O5/c29-16-18-8-2-4-10-20(18)24(30)27-15-23-19-9-3-1-7-17(19)13-14-28(23)25(31)21-11-5-6-12-22(21)26(32)33/h1-4,7-10,21-23,29H,5-6,11-16H2,(H,27,30)(H,32,33)/t21-,22+,23-/m1/s1. The summed E-state index contributed by atoms with van der Waals surface area (Å²) in [6, 6.07) is 14.4. The normalized spacial score (nSPS) is 22.3. The van der Waals surface area contributed by atoms with Crippen molar-refractivity contribution in [2.75, 3.05) is 13.1 Å². The number of carbonyl (C=O) groups excluding carboxylic acids is 2. The number of rotatable bonds is 6. The van der Waals surface area contributed by atoms with Gasteiger partial charge in [0.2, 0.25) is 5.91 Å². The molecule has 1 saturated carbocycles. The number of amides is 2. The lowest BCUT2D eigenvalue weighted by Gasteiger charge is -2.41. The Morgan fingerprint density at radius 3 is 2.42 bits per heavy atom. The van der Waals surface area contributed by atoms with Crippen molar-refractivity contribution in [3.63, 3.8) is 0 Å². The SMILES string of the molecule is O=C(NC[C@@H]1c2ccccc2CCN1C(=O)[C@@H]1CCCC[C@@H]1C(=O)O)c1ccccc1CO. The molecule has 3 N–H and O–H groups in total. The van der Waals surface area contributed by atoms with E-state index < -0.39 is 17.8 Å². The predicted octanol–water partition coefficient (Wildman–Crippen LogP) is 2.93. The van der Waals surface area contributed by atoms with Crippen LogP contribution in [0.3, 0.4) is 0 Å². The second kappa shape index (κ2) is 10.2. The lowest BCUT2D eigenvalue weighted by atomic mass is 9.77. The fourth-order valence-corrected chi connectivity index (χ4v) is 5.23. The molecule has 7 heteroatoms. The molecule has 33 heavy (non-hydrogen) atoms. The fraction of sp³-hybridized carbons (Fsp3) is 0.423. The van der Waals surface area contributed by atoms with E-state index in [4.69, 9.17) is 0 Å². The van der Waals surface area contributed by atoms with E-state index in [-0.39, 0.29) is 31.0 Å². The van der Waals surface area contributed by atoms with Crippen LogP contribution in [0.15, 0.2) is 48.5 Å². The van der Waals surface area contributed by atoms with Crippen LogP contribution in [0.5, 0.6) is 0 Å². The Morgan fingerprint density at radius 1 is 0.970 bits per heavy atom. The van der Waals surface area contributed by atoms with Crippen LogP contribution >= 0.6 is 0 Å². The lowest BCUT2D eigenvalue weighted by molar-refractivity contribution is -0.153. The van der Waals surface area contributed by atoms with Gasteiger partial charge >= 0.3 is 5.97 Å². The second-order valence-corrected chi connectivity index (χ2v) is 8.86. The number of carboxylic acids is 1. The maximum absolute atomic E-state index is 13.6. The number of carbonyl (C=O) groups is 3. The van der Waals surface area contributed by atoms with E-state index >= 15 is 0 Å². The molecule has 3 atom stereocenters. The molecule has 2 aliphatic rings. The molecule has 1 fully saturated rings. The zero-order valence-electron chi connectivity index (χ0n) is 18.6. The summed E-state index contributed by atoms with van der Waals surface area (Å²) in [6.07, 6.45) is 3.48. The first kappa shape index (κ1) is 23.0. The van der Waals surface area contributed by atoms with E-state index in [1.54, 1.807) is 29.2 Å². The first-order valence-electron chi connectivity index (χ1n) is 11.6. The van der Waals surface area contributed by atoms with Crippen LogP contribution in [0.1, 0.15) is 58.8 Å². The molecule has 2 amide bonds. The molecular formula is C26H30N2O5. The smallest absolute Gasteiger partial charge is 0.307 e. The van der Waals surface area contributed by atoms with Crippen molar-refractivity contribution in [1.82, 2.24) is 10.2 Å². The zero-order chi connectivity index (χ0) is 23.4. The molecule has 0 aromatic heterocycles. The first-order valence-corrected chi connectivity index (χ1v) is 11.6. The first-order chi connectivity index (χ1) is 16.0. The van der Waals surface area contributed by atoms with Crippen LogP contribution in [0.2, 0.25) is 0 Å². The molecular weight excluding hydrogens is 420 g/mol. The highest BCUT2D eigenvalue weighted by molar-refractivity contribution is 5.95. The van der Waals surface area contributed by atoms with Crippen molar-refractivity contribution in [3.05, 3.63) is 70.8 Å². The third-order valence-electron chi connectivity index (χ3n) is 6.98. The molecule has 2 aromatic carbocycles. The van der Waals surface area contributed by atoms with Gasteiger partial charge in [-0.15, -0.1) is 0 Å². The molecule has 1 heterocycles. The van der Waals surface area contributed by atoms with Gasteiger partial charge in [-0.3, -0.25) is 14.4 Å². The van der Waals surface area contributed by atoms with Gasteiger partial charge in [0.25, 0.3) is 5.91 Å². The van der Waals surface area contributed by atoms with Crippen molar-refractivity contribution in [1.29, 1.82) is 0 Å². The highest BCUT2D eigenvalue weighted by Crippen LogP contribution is 2.36. The van der Waals surface area contributed by atoms with Gasteiger partial charge < -0.3 is 20.4 Å². The van der Waals surface area contributed by atoms with Crippen molar-refractivity contribution >= 4 is 17.8 Å². The summed E-state index contributed by atoms with van der Waals surface area (Å²) < 4.78 is 0. The lowest BCUT2D eigenvalue weighted by Crippen LogP contribution is -2.49. The van der Waals surface area contributed by atoms with Crippen molar-refractivity contribution in [3.8, 4) is 0 Å². The quantitative estimate of drug-likeness (QED) is 0.627. The van der Waals surface area contributed by atoms with Crippen molar-refractivity contribution in [2.24, 2.45) is 11.8 Å². The van der Waals surface area contributed by atoms with Gasteiger partial charge in [-0.05, 0) is 42.0 Å². The molecule has 0 unspecified atom stereocenters. The zero-order valence-corrected chi connectivity index (χ0v) is 18.6. The Kier molecular flexibility index (Phi) is 7.08. The molecule has 0 spiro atoms. The van der Waals surface area contributed by atoms with Crippen molar-refractivity contribution in [2.45, 2.75) is 44.8 Å². The summed E-state index contributed by atoms with van der Waals surface area (Å²) in [6.45, 7) is 0.469. The largest absolute Gasteiger partial charge is 0.481 e. The van der Waals surface area contributed by atoms with Gasteiger partial charge in [0.15, 0.2) is 0 Å². The predicted molar refractivity (Wildman–Crippen MR) is 122 cm³/mol. The van der Waals surface area contributed by atoms with Gasteiger partial charge in [-0.2, -0.15) is 0 Å². The van der Waals surface area contributed by atoms with Crippen molar-refractivity contribution < 1.29 is 24.6 Å². The van der Waals surface area contributed by atoms with Crippen LogP contribution in [-0.2, 0) is 22.6 Å². The summed E-state index contributed by atoms with van der Waals surface area (Å²) >= 11 is 0. The van der Waals surface area contributed by atoms with Crippen LogP contribution in [0.25, 0.3) is 0 Å². The molecule has 7 nitrogen and oxygen atoms in total. The minimum absolute atomic E-state index is 0.133. The Labute approximate surface area is 193 Å². The fourth-order valence-electron chi connectivity index (χ4n) is 5.23. The number of fused-ring (bicyclic) bond motifs is 1. The monoisotopic (exact) mass is 450 g/mol. The number of nitrogens with zero attached hydrogens (tertiary/aromatic N) is 1. The summed E-state index contributed by atoms with van der Waals surface area (Å²) in [5, 5.41) is 22.2. The Morgan fingerprint density at radius 2 is 1.67 bits per heavy atom. The molecule has 0 bridgehead atoms. The van der Waals surface area contributed by atoms with E-state index in [2.05, 4.69) is 5.32 Å². The highest BCUT2D eigenvalue weighted by atomic mass is 16.4.